The number of aryl methyl sites for hydroxylation is 4. The van der Waals surface area contributed by atoms with E-state index < -0.39 is 5.97 Å². The van der Waals surface area contributed by atoms with Crippen molar-refractivity contribution in [3.8, 4) is 0 Å². The fourth-order valence-corrected chi connectivity index (χ4v) is 3.06. The number of anilines is 1. The van der Waals surface area contributed by atoms with Gasteiger partial charge in [-0.25, -0.2) is 4.79 Å². The summed E-state index contributed by atoms with van der Waals surface area (Å²) in [6, 6.07) is 3.81. The van der Waals surface area contributed by atoms with Gasteiger partial charge in [0.25, 0.3) is 0 Å². The van der Waals surface area contributed by atoms with Crippen molar-refractivity contribution in [2.75, 3.05) is 19.0 Å². The number of rotatable bonds is 5. The third-order valence-electron chi connectivity index (χ3n) is 3.77. The molecule has 2 rings (SSSR count). The van der Waals surface area contributed by atoms with Gasteiger partial charge in [0, 0.05) is 12.6 Å². The summed E-state index contributed by atoms with van der Waals surface area (Å²) in [5.41, 5.74) is 4.64. The number of esters is 1. The maximum atomic E-state index is 12.3. The van der Waals surface area contributed by atoms with Crippen LogP contribution in [0.3, 0.4) is 0 Å². The Hall–Kier alpha value is -2.21. The van der Waals surface area contributed by atoms with Crippen molar-refractivity contribution < 1.29 is 14.3 Å². The van der Waals surface area contributed by atoms with Crippen LogP contribution >= 0.6 is 11.5 Å². The maximum Gasteiger partial charge on any atom is 0.343 e. The Kier molecular flexibility index (Phi) is 5.15. The smallest absolute Gasteiger partial charge is 0.343 e. The van der Waals surface area contributed by atoms with Crippen LogP contribution < -0.4 is 5.32 Å². The van der Waals surface area contributed by atoms with Crippen LogP contribution in [-0.4, -0.2) is 29.8 Å². The van der Waals surface area contributed by atoms with E-state index in [1.807, 2.05) is 32.9 Å². The summed E-state index contributed by atoms with van der Waals surface area (Å²) < 4.78 is 9.31. The van der Waals surface area contributed by atoms with Gasteiger partial charge < -0.3 is 10.1 Å². The zero-order valence-corrected chi connectivity index (χ0v) is 14.8. The molecule has 1 N–H and O–H groups in total. The Labute approximate surface area is 139 Å². The zero-order chi connectivity index (χ0) is 17.1. The molecule has 0 fully saturated rings. The molecular weight excluding hydrogens is 312 g/mol. The second-order valence-corrected chi connectivity index (χ2v) is 6.25. The molecule has 0 saturated heterocycles. The molecule has 0 unspecified atom stereocenters. The highest BCUT2D eigenvalue weighted by Crippen LogP contribution is 2.24. The molecule has 0 radical (unpaired) electrons. The Balaban J connectivity index is 2.12. The number of aromatic nitrogens is 1. The van der Waals surface area contributed by atoms with Gasteiger partial charge in [-0.1, -0.05) is 6.07 Å². The zero-order valence-electron chi connectivity index (χ0n) is 13.9. The maximum absolute atomic E-state index is 12.3. The lowest BCUT2D eigenvalue weighted by Gasteiger charge is -2.10. The highest BCUT2D eigenvalue weighted by atomic mass is 32.1. The minimum absolute atomic E-state index is 0.203. The molecule has 0 bridgehead atoms. The Bertz CT molecular complexity index is 765. The van der Waals surface area contributed by atoms with E-state index in [0.717, 1.165) is 16.7 Å². The summed E-state index contributed by atoms with van der Waals surface area (Å²) in [5.74, 6) is -0.735. The summed E-state index contributed by atoms with van der Waals surface area (Å²) in [6.07, 6.45) is 0. The number of ether oxygens (including phenoxy) is 1. The van der Waals surface area contributed by atoms with Gasteiger partial charge in [-0.15, -0.1) is 0 Å². The normalized spacial score (nSPS) is 10.5. The number of nitrogens with zero attached hydrogens (tertiary/aromatic N) is 1. The van der Waals surface area contributed by atoms with Crippen molar-refractivity contribution in [1.29, 1.82) is 0 Å². The van der Waals surface area contributed by atoms with Crippen LogP contribution in [0.2, 0.25) is 0 Å². The molecule has 0 atom stereocenters. The predicted octanol–water partition coefficient (Wildman–Crippen LogP) is 3.46. The van der Waals surface area contributed by atoms with Gasteiger partial charge in [-0.3, -0.25) is 4.79 Å². The highest BCUT2D eigenvalue weighted by Gasteiger charge is 2.21. The highest BCUT2D eigenvalue weighted by molar-refractivity contribution is 7.10. The van der Waals surface area contributed by atoms with E-state index in [4.69, 9.17) is 4.74 Å². The van der Waals surface area contributed by atoms with E-state index in [1.165, 1.54) is 11.5 Å². The van der Waals surface area contributed by atoms with Crippen molar-refractivity contribution in [3.63, 3.8) is 0 Å². The number of nitrogens with one attached hydrogen (secondary N) is 1. The molecular formula is C17H20N2O3S. The summed E-state index contributed by atoms with van der Waals surface area (Å²) in [4.78, 5) is 24.5. The van der Waals surface area contributed by atoms with E-state index >= 15 is 0 Å². The SMILES string of the molecule is CNc1snc(C)c1C(=O)OCC(=O)c1cc(C)c(C)cc1C. The Morgan fingerprint density at radius 1 is 1.13 bits per heavy atom. The molecule has 0 aliphatic carbocycles. The van der Waals surface area contributed by atoms with Crippen molar-refractivity contribution in [3.05, 3.63) is 45.6 Å². The van der Waals surface area contributed by atoms with Gasteiger partial charge in [0.05, 0.1) is 5.69 Å². The first-order valence-corrected chi connectivity index (χ1v) is 8.04. The number of benzene rings is 1. The molecule has 1 heterocycles. The van der Waals surface area contributed by atoms with E-state index in [-0.39, 0.29) is 12.4 Å². The number of hydrogen-bond donors (Lipinski definition) is 1. The van der Waals surface area contributed by atoms with Gasteiger partial charge >= 0.3 is 5.97 Å². The van der Waals surface area contributed by atoms with Crippen LogP contribution in [0.5, 0.6) is 0 Å². The number of hydrogen-bond acceptors (Lipinski definition) is 6. The first-order valence-electron chi connectivity index (χ1n) is 7.27. The summed E-state index contributed by atoms with van der Waals surface area (Å²) >= 11 is 1.19. The lowest BCUT2D eigenvalue weighted by Crippen LogP contribution is -2.16. The van der Waals surface area contributed by atoms with Gasteiger partial charge in [0.15, 0.2) is 6.61 Å². The first-order chi connectivity index (χ1) is 10.8. The number of Topliss-reactive ketones (excluding diaryl/α,β-unsaturated/α-hetero) is 1. The molecule has 1 aromatic carbocycles. The fraction of sp³-hybridized carbons (Fsp3) is 0.353. The van der Waals surface area contributed by atoms with Gasteiger partial charge in [0.1, 0.15) is 10.6 Å². The Morgan fingerprint density at radius 2 is 1.78 bits per heavy atom. The topological polar surface area (TPSA) is 68.3 Å². The summed E-state index contributed by atoms with van der Waals surface area (Å²) in [6.45, 7) is 7.30. The molecule has 5 nitrogen and oxygen atoms in total. The Morgan fingerprint density at radius 3 is 2.43 bits per heavy atom. The molecule has 2 aromatic rings. The second-order valence-electron chi connectivity index (χ2n) is 5.47. The molecule has 0 saturated carbocycles. The lowest BCUT2D eigenvalue weighted by molar-refractivity contribution is 0.0475. The quantitative estimate of drug-likeness (QED) is 0.671. The molecule has 0 aliphatic rings. The van der Waals surface area contributed by atoms with Gasteiger partial charge in [0.2, 0.25) is 5.78 Å². The monoisotopic (exact) mass is 332 g/mol. The molecule has 23 heavy (non-hydrogen) atoms. The van der Waals surface area contributed by atoms with Crippen molar-refractivity contribution in [2.24, 2.45) is 0 Å². The fourth-order valence-electron chi connectivity index (χ4n) is 2.32. The van der Waals surface area contributed by atoms with Gasteiger partial charge in [-0.2, -0.15) is 4.37 Å². The van der Waals surface area contributed by atoms with Crippen LogP contribution in [0.15, 0.2) is 12.1 Å². The third-order valence-corrected chi connectivity index (χ3v) is 4.73. The van der Waals surface area contributed by atoms with E-state index in [9.17, 15) is 9.59 Å². The molecule has 0 spiro atoms. The first kappa shape index (κ1) is 17.1. The largest absolute Gasteiger partial charge is 0.454 e. The van der Waals surface area contributed by atoms with Crippen LogP contribution in [0.4, 0.5) is 5.00 Å². The van der Waals surface area contributed by atoms with Crippen LogP contribution in [0.25, 0.3) is 0 Å². The van der Waals surface area contributed by atoms with Crippen LogP contribution in [0.1, 0.15) is 43.1 Å². The molecule has 1 aromatic heterocycles. The predicted molar refractivity (Wildman–Crippen MR) is 91.7 cm³/mol. The second kappa shape index (κ2) is 6.91. The van der Waals surface area contributed by atoms with Crippen LogP contribution in [-0.2, 0) is 4.74 Å². The average Bonchev–Trinajstić information content (AvgIpc) is 2.89. The number of ketones is 1. The van der Waals surface area contributed by atoms with E-state index in [2.05, 4.69) is 9.69 Å². The molecule has 0 aliphatic heterocycles. The molecule has 6 heteroatoms. The minimum Gasteiger partial charge on any atom is -0.454 e. The van der Waals surface area contributed by atoms with Crippen molar-refractivity contribution >= 4 is 28.3 Å². The summed E-state index contributed by atoms with van der Waals surface area (Å²) in [7, 11) is 1.72. The lowest BCUT2D eigenvalue weighted by atomic mass is 9.98. The van der Waals surface area contributed by atoms with Crippen LogP contribution in [0, 0.1) is 27.7 Å². The minimum atomic E-state index is -0.532. The molecule has 122 valence electrons. The summed E-state index contributed by atoms with van der Waals surface area (Å²) in [5, 5.41) is 3.55. The standard InChI is InChI=1S/C17H20N2O3S/c1-9-6-11(3)13(7-10(9)2)14(20)8-22-17(21)15-12(4)19-23-16(15)18-5/h6-7,18H,8H2,1-5H3. The van der Waals surface area contributed by atoms with Crippen molar-refractivity contribution in [2.45, 2.75) is 27.7 Å². The van der Waals surface area contributed by atoms with E-state index in [1.54, 1.807) is 14.0 Å². The third kappa shape index (κ3) is 3.59. The average molecular weight is 332 g/mol. The van der Waals surface area contributed by atoms with Gasteiger partial charge in [-0.05, 0) is 62.0 Å². The molecule has 0 amide bonds. The van der Waals surface area contributed by atoms with Crippen molar-refractivity contribution in [1.82, 2.24) is 4.37 Å². The number of carbonyl (C=O) groups excluding carboxylic acids is 2. The van der Waals surface area contributed by atoms with E-state index in [0.29, 0.717) is 21.8 Å². The number of carbonyl (C=O) groups is 2.